The summed E-state index contributed by atoms with van der Waals surface area (Å²) in [7, 11) is -3.17. The molecule has 1 fully saturated rings. The molecule has 2 amide bonds. The van der Waals surface area contributed by atoms with Crippen molar-refractivity contribution >= 4 is 27.4 Å². The van der Waals surface area contributed by atoms with Crippen molar-refractivity contribution < 1.29 is 13.2 Å². The molecule has 24 heavy (non-hydrogen) atoms. The normalized spacial score (nSPS) is 22.3. The molecular formula is C17H23N3O3S. The summed E-state index contributed by atoms with van der Waals surface area (Å²) in [6.45, 7) is 1.19. The van der Waals surface area contributed by atoms with Crippen LogP contribution in [0.5, 0.6) is 0 Å². The molecule has 130 valence electrons. The average Bonchev–Trinajstić information content (AvgIpc) is 2.94. The molecule has 0 aromatic heterocycles. The summed E-state index contributed by atoms with van der Waals surface area (Å²) < 4.78 is 25.2. The zero-order valence-electron chi connectivity index (χ0n) is 13.6. The van der Waals surface area contributed by atoms with Crippen molar-refractivity contribution in [2.45, 2.75) is 25.7 Å². The standard InChI is InChI=1S/C17H23N3O3S/c21-17(18-13-14-5-2-1-3-6-14)19-15-7-9-16(10-8-15)20-11-4-12-24(20,22)23/h1-2,7-10,14H,3-6,11-13H2,(H2,18,19,21)/t14-/m0/s1. The van der Waals surface area contributed by atoms with Crippen molar-refractivity contribution in [2.75, 3.05) is 28.5 Å². The van der Waals surface area contributed by atoms with Gasteiger partial charge in [-0.3, -0.25) is 4.31 Å². The van der Waals surface area contributed by atoms with Crippen LogP contribution in [0.2, 0.25) is 0 Å². The topological polar surface area (TPSA) is 78.5 Å². The minimum absolute atomic E-state index is 0.200. The third-order valence-corrected chi connectivity index (χ3v) is 6.31. The van der Waals surface area contributed by atoms with Crippen molar-refractivity contribution in [3.8, 4) is 0 Å². The molecule has 1 aromatic carbocycles. The number of hydrogen-bond donors (Lipinski definition) is 2. The zero-order valence-corrected chi connectivity index (χ0v) is 14.4. The highest BCUT2D eigenvalue weighted by Gasteiger charge is 2.28. The van der Waals surface area contributed by atoms with E-state index in [0.717, 1.165) is 19.3 Å². The first-order chi connectivity index (χ1) is 11.5. The SMILES string of the molecule is O=C(NC[C@H]1CC=CCC1)Nc1ccc(N2CCCS2(=O)=O)cc1. The van der Waals surface area contributed by atoms with Crippen LogP contribution in [-0.2, 0) is 10.0 Å². The monoisotopic (exact) mass is 349 g/mol. The summed E-state index contributed by atoms with van der Waals surface area (Å²) in [5.74, 6) is 0.703. The summed E-state index contributed by atoms with van der Waals surface area (Å²) in [6.07, 6.45) is 8.20. The minimum Gasteiger partial charge on any atom is -0.338 e. The van der Waals surface area contributed by atoms with Crippen LogP contribution in [0.25, 0.3) is 0 Å². The van der Waals surface area contributed by atoms with E-state index in [2.05, 4.69) is 22.8 Å². The van der Waals surface area contributed by atoms with Crippen LogP contribution in [0.1, 0.15) is 25.7 Å². The smallest absolute Gasteiger partial charge is 0.319 e. The molecule has 0 unspecified atom stereocenters. The molecule has 1 heterocycles. The van der Waals surface area contributed by atoms with Crippen LogP contribution in [0, 0.1) is 5.92 Å². The number of carbonyl (C=O) groups is 1. The van der Waals surface area contributed by atoms with Gasteiger partial charge in [0.15, 0.2) is 0 Å². The molecule has 6 nitrogen and oxygen atoms in total. The van der Waals surface area contributed by atoms with E-state index in [-0.39, 0.29) is 11.8 Å². The Balaban J connectivity index is 1.52. The fourth-order valence-corrected chi connectivity index (χ4v) is 4.66. The van der Waals surface area contributed by atoms with Crippen LogP contribution in [0.4, 0.5) is 16.2 Å². The van der Waals surface area contributed by atoms with E-state index in [1.165, 1.54) is 4.31 Å². The highest BCUT2D eigenvalue weighted by Crippen LogP contribution is 2.25. The van der Waals surface area contributed by atoms with Gasteiger partial charge in [-0.05, 0) is 55.9 Å². The summed E-state index contributed by atoms with van der Waals surface area (Å²) in [4.78, 5) is 12.0. The lowest BCUT2D eigenvalue weighted by Crippen LogP contribution is -2.33. The van der Waals surface area contributed by atoms with Gasteiger partial charge in [-0.2, -0.15) is 0 Å². The fourth-order valence-electron chi connectivity index (χ4n) is 3.09. The Kier molecular flexibility index (Phi) is 5.08. The molecule has 1 aromatic rings. The number of amides is 2. The van der Waals surface area contributed by atoms with Gasteiger partial charge in [-0.1, -0.05) is 12.2 Å². The summed E-state index contributed by atoms with van der Waals surface area (Å²) in [5.41, 5.74) is 1.30. The number of rotatable bonds is 4. The molecule has 2 N–H and O–H groups in total. The summed E-state index contributed by atoms with van der Waals surface area (Å²) >= 11 is 0. The maximum atomic E-state index is 12.0. The Bertz CT molecular complexity index is 713. The molecule has 1 aliphatic carbocycles. The third kappa shape index (κ3) is 4.08. The van der Waals surface area contributed by atoms with E-state index in [0.29, 0.717) is 36.8 Å². The summed E-state index contributed by atoms with van der Waals surface area (Å²) in [5, 5.41) is 5.68. The van der Waals surface area contributed by atoms with Crippen LogP contribution >= 0.6 is 0 Å². The maximum absolute atomic E-state index is 12.0. The number of sulfonamides is 1. The Morgan fingerprint density at radius 2 is 2.00 bits per heavy atom. The first-order valence-corrected chi connectivity index (χ1v) is 9.96. The molecule has 0 bridgehead atoms. The average molecular weight is 349 g/mol. The number of anilines is 2. The Hall–Kier alpha value is -2.02. The second kappa shape index (κ2) is 7.25. The molecule has 0 spiro atoms. The molecule has 0 radical (unpaired) electrons. The van der Waals surface area contributed by atoms with Gasteiger partial charge in [0.2, 0.25) is 10.0 Å². The number of carbonyl (C=O) groups excluding carboxylic acids is 1. The van der Waals surface area contributed by atoms with E-state index in [9.17, 15) is 13.2 Å². The van der Waals surface area contributed by atoms with Gasteiger partial charge < -0.3 is 10.6 Å². The van der Waals surface area contributed by atoms with Gasteiger partial charge in [0.05, 0.1) is 11.4 Å². The van der Waals surface area contributed by atoms with Crippen LogP contribution < -0.4 is 14.9 Å². The Morgan fingerprint density at radius 3 is 2.62 bits per heavy atom. The Morgan fingerprint density at radius 1 is 1.21 bits per heavy atom. The van der Waals surface area contributed by atoms with Crippen LogP contribution in [0.15, 0.2) is 36.4 Å². The predicted octanol–water partition coefficient (Wildman–Crippen LogP) is 2.70. The maximum Gasteiger partial charge on any atom is 0.319 e. The molecule has 0 saturated carbocycles. The zero-order chi connectivity index (χ0) is 17.0. The van der Waals surface area contributed by atoms with Gasteiger partial charge in [-0.25, -0.2) is 13.2 Å². The van der Waals surface area contributed by atoms with E-state index in [1.54, 1.807) is 24.3 Å². The first-order valence-electron chi connectivity index (χ1n) is 8.35. The number of nitrogens with one attached hydrogen (secondary N) is 2. The van der Waals surface area contributed by atoms with E-state index in [4.69, 9.17) is 0 Å². The van der Waals surface area contributed by atoms with Gasteiger partial charge in [0.25, 0.3) is 0 Å². The second-order valence-corrected chi connectivity index (χ2v) is 8.29. The molecule has 1 atom stereocenters. The molecule has 7 heteroatoms. The van der Waals surface area contributed by atoms with Crippen LogP contribution in [-0.4, -0.2) is 33.3 Å². The largest absolute Gasteiger partial charge is 0.338 e. The van der Waals surface area contributed by atoms with Gasteiger partial charge >= 0.3 is 6.03 Å². The molecule has 2 aliphatic rings. The highest BCUT2D eigenvalue weighted by atomic mass is 32.2. The van der Waals surface area contributed by atoms with Gasteiger partial charge in [0.1, 0.15) is 0 Å². The molecule has 1 saturated heterocycles. The Labute approximate surface area is 143 Å². The van der Waals surface area contributed by atoms with Crippen molar-refractivity contribution in [3.05, 3.63) is 36.4 Å². The lowest BCUT2D eigenvalue weighted by atomic mass is 9.94. The fraction of sp³-hybridized carbons (Fsp3) is 0.471. The lowest BCUT2D eigenvalue weighted by molar-refractivity contribution is 0.249. The minimum atomic E-state index is -3.17. The highest BCUT2D eigenvalue weighted by molar-refractivity contribution is 7.93. The van der Waals surface area contributed by atoms with Gasteiger partial charge in [-0.15, -0.1) is 0 Å². The number of nitrogens with zero attached hydrogens (tertiary/aromatic N) is 1. The third-order valence-electron chi connectivity index (χ3n) is 4.44. The number of allylic oxidation sites excluding steroid dienone is 2. The van der Waals surface area contributed by atoms with E-state index >= 15 is 0 Å². The van der Waals surface area contributed by atoms with Crippen molar-refractivity contribution in [3.63, 3.8) is 0 Å². The van der Waals surface area contributed by atoms with Crippen molar-refractivity contribution in [2.24, 2.45) is 5.92 Å². The van der Waals surface area contributed by atoms with Crippen LogP contribution in [0.3, 0.4) is 0 Å². The number of urea groups is 1. The van der Waals surface area contributed by atoms with Gasteiger partial charge in [0, 0.05) is 18.8 Å². The lowest BCUT2D eigenvalue weighted by Gasteiger charge is -2.19. The number of hydrogen-bond acceptors (Lipinski definition) is 3. The number of benzene rings is 1. The van der Waals surface area contributed by atoms with E-state index in [1.807, 2.05) is 0 Å². The van der Waals surface area contributed by atoms with E-state index < -0.39 is 10.0 Å². The molecular weight excluding hydrogens is 326 g/mol. The first kappa shape index (κ1) is 16.8. The quantitative estimate of drug-likeness (QED) is 0.821. The molecule has 3 rings (SSSR count). The van der Waals surface area contributed by atoms with Crippen molar-refractivity contribution in [1.82, 2.24) is 5.32 Å². The van der Waals surface area contributed by atoms with Crippen molar-refractivity contribution in [1.29, 1.82) is 0 Å². The molecule has 1 aliphatic heterocycles. The summed E-state index contributed by atoms with van der Waals surface area (Å²) in [6, 6.07) is 6.68. The second-order valence-electron chi connectivity index (χ2n) is 6.27. The predicted molar refractivity (Wildman–Crippen MR) is 95.7 cm³/mol.